The number of ether oxygens (including phenoxy) is 2. The molecule has 26 heavy (non-hydrogen) atoms. The Morgan fingerprint density at radius 3 is 2.46 bits per heavy atom. The second-order valence-corrected chi connectivity index (χ2v) is 5.41. The first-order chi connectivity index (χ1) is 12.3. The number of benzene rings is 2. The number of halogens is 1. The van der Waals surface area contributed by atoms with Crippen molar-refractivity contribution >= 4 is 34.8 Å². The highest BCUT2D eigenvalue weighted by Crippen LogP contribution is 2.36. The average Bonchev–Trinajstić information content (AvgIpc) is 2.60. The summed E-state index contributed by atoms with van der Waals surface area (Å²) >= 11 is 6.09. The Labute approximate surface area is 152 Å². The molecule has 0 saturated carbocycles. The lowest BCUT2D eigenvalue weighted by atomic mass is 10.1. The van der Waals surface area contributed by atoms with Gasteiger partial charge in [-0.15, -0.1) is 0 Å². The number of hydrogen-bond donors (Lipinski definition) is 2. The number of nitro groups is 1. The van der Waals surface area contributed by atoms with E-state index in [1.54, 1.807) is 0 Å². The molecule has 10 heteroatoms. The molecule has 0 aliphatic rings. The highest BCUT2D eigenvalue weighted by molar-refractivity contribution is 6.32. The molecule has 3 N–H and O–H groups in total. The third-order valence-electron chi connectivity index (χ3n) is 3.19. The van der Waals surface area contributed by atoms with Crippen LogP contribution in [-0.4, -0.2) is 30.5 Å². The van der Waals surface area contributed by atoms with Crippen LogP contribution in [0.3, 0.4) is 0 Å². The molecule has 2 aromatic rings. The first-order valence-corrected chi connectivity index (χ1v) is 7.54. The maximum atomic E-state index is 12.4. The third-order valence-corrected chi connectivity index (χ3v) is 3.47. The van der Waals surface area contributed by atoms with Crippen LogP contribution in [0.15, 0.2) is 36.4 Å². The molecule has 0 aliphatic carbocycles. The summed E-state index contributed by atoms with van der Waals surface area (Å²) in [5, 5.41) is 13.3. The fourth-order valence-electron chi connectivity index (χ4n) is 2.00. The predicted molar refractivity (Wildman–Crippen MR) is 93.7 cm³/mol. The fraction of sp³-hybridized carbons (Fsp3) is 0.125. The van der Waals surface area contributed by atoms with Gasteiger partial charge in [0.25, 0.3) is 17.5 Å². The van der Waals surface area contributed by atoms with Crippen molar-refractivity contribution in [2.45, 2.75) is 0 Å². The van der Waals surface area contributed by atoms with E-state index in [1.807, 2.05) is 0 Å². The van der Waals surface area contributed by atoms with Crippen molar-refractivity contribution in [1.29, 1.82) is 0 Å². The van der Waals surface area contributed by atoms with E-state index in [-0.39, 0.29) is 27.8 Å². The molecule has 9 nitrogen and oxygen atoms in total. The lowest BCUT2D eigenvalue weighted by molar-refractivity contribution is -0.384. The number of nitro benzene ring substituents is 1. The molecule has 0 heterocycles. The summed E-state index contributed by atoms with van der Waals surface area (Å²) < 4.78 is 10.3. The largest absolute Gasteiger partial charge is 0.493 e. The van der Waals surface area contributed by atoms with Crippen molar-refractivity contribution in [2.24, 2.45) is 5.73 Å². The summed E-state index contributed by atoms with van der Waals surface area (Å²) in [5.41, 5.74) is 5.46. The predicted octanol–water partition coefficient (Wildman–Crippen LogP) is 2.37. The molecule has 0 aromatic heterocycles. The molecule has 2 rings (SSSR count). The maximum absolute atomic E-state index is 12.4. The van der Waals surface area contributed by atoms with E-state index in [2.05, 4.69) is 5.32 Å². The van der Waals surface area contributed by atoms with Gasteiger partial charge < -0.3 is 20.5 Å². The van der Waals surface area contributed by atoms with Gasteiger partial charge in [-0.25, -0.2) is 0 Å². The highest BCUT2D eigenvalue weighted by Gasteiger charge is 2.17. The maximum Gasteiger partial charge on any atom is 0.269 e. The fourth-order valence-corrected chi connectivity index (χ4v) is 2.27. The Morgan fingerprint density at radius 1 is 1.27 bits per heavy atom. The molecular weight excluding hydrogens is 366 g/mol. The molecule has 2 amide bonds. The molecule has 0 saturated heterocycles. The van der Waals surface area contributed by atoms with Crippen LogP contribution in [0.4, 0.5) is 11.4 Å². The number of hydrogen-bond acceptors (Lipinski definition) is 6. The van der Waals surface area contributed by atoms with Crippen LogP contribution in [0, 0.1) is 10.1 Å². The minimum absolute atomic E-state index is 0.0550. The Hall–Kier alpha value is -3.33. The smallest absolute Gasteiger partial charge is 0.269 e. The van der Waals surface area contributed by atoms with Gasteiger partial charge in [-0.1, -0.05) is 11.6 Å². The van der Waals surface area contributed by atoms with E-state index >= 15 is 0 Å². The van der Waals surface area contributed by atoms with E-state index in [0.29, 0.717) is 5.69 Å². The first-order valence-electron chi connectivity index (χ1n) is 7.16. The standard InChI is InChI=1S/C16H14ClN3O6/c1-25-13-7-9(6-12(17)15(13)26-8-14(18)21)16(22)19-10-2-4-11(5-3-10)20(23)24/h2-7H,8H2,1H3,(H2,18,21)(H,19,22). The van der Waals surface area contributed by atoms with Gasteiger partial charge >= 0.3 is 0 Å². The van der Waals surface area contributed by atoms with Gasteiger partial charge in [-0.05, 0) is 24.3 Å². The zero-order valence-electron chi connectivity index (χ0n) is 13.5. The topological polar surface area (TPSA) is 134 Å². The molecule has 0 bridgehead atoms. The quantitative estimate of drug-likeness (QED) is 0.560. The van der Waals surface area contributed by atoms with Gasteiger partial charge in [0.15, 0.2) is 18.1 Å². The summed E-state index contributed by atoms with van der Waals surface area (Å²) in [4.78, 5) is 33.3. The summed E-state index contributed by atoms with van der Waals surface area (Å²) in [6.07, 6.45) is 0. The van der Waals surface area contributed by atoms with Gasteiger partial charge in [-0.2, -0.15) is 0 Å². The van der Waals surface area contributed by atoms with Crippen LogP contribution in [0.25, 0.3) is 0 Å². The van der Waals surface area contributed by atoms with E-state index in [0.717, 1.165) is 0 Å². The molecule has 0 fully saturated rings. The molecule has 0 unspecified atom stereocenters. The molecular formula is C16H14ClN3O6. The Kier molecular flexibility index (Phi) is 5.97. The van der Waals surface area contributed by atoms with Crippen LogP contribution in [0.2, 0.25) is 5.02 Å². The third kappa shape index (κ3) is 4.61. The summed E-state index contributed by atoms with van der Waals surface area (Å²) in [6.45, 7) is -0.398. The van der Waals surface area contributed by atoms with Crippen LogP contribution in [-0.2, 0) is 4.79 Å². The zero-order chi connectivity index (χ0) is 19.3. The van der Waals surface area contributed by atoms with Crippen molar-refractivity contribution in [1.82, 2.24) is 0 Å². The van der Waals surface area contributed by atoms with Gasteiger partial charge in [0, 0.05) is 23.4 Å². The van der Waals surface area contributed by atoms with Crippen LogP contribution >= 0.6 is 11.6 Å². The second kappa shape index (κ2) is 8.17. The van der Waals surface area contributed by atoms with Gasteiger partial charge in [0.05, 0.1) is 17.1 Å². The van der Waals surface area contributed by atoms with E-state index in [1.165, 1.54) is 43.5 Å². The van der Waals surface area contributed by atoms with Crippen LogP contribution in [0.5, 0.6) is 11.5 Å². The minimum Gasteiger partial charge on any atom is -0.493 e. The van der Waals surface area contributed by atoms with Gasteiger partial charge in [-0.3, -0.25) is 19.7 Å². The van der Waals surface area contributed by atoms with Crippen molar-refractivity contribution in [2.75, 3.05) is 19.0 Å². The molecule has 136 valence electrons. The molecule has 0 spiro atoms. The Bertz CT molecular complexity index is 854. The number of rotatable bonds is 7. The normalized spacial score (nSPS) is 10.1. The van der Waals surface area contributed by atoms with Gasteiger partial charge in [0.2, 0.25) is 0 Å². The number of nitrogens with two attached hydrogens (primary N) is 1. The number of primary amides is 1. The Morgan fingerprint density at radius 2 is 1.92 bits per heavy atom. The number of nitrogens with one attached hydrogen (secondary N) is 1. The summed E-state index contributed by atoms with van der Waals surface area (Å²) in [6, 6.07) is 8.05. The number of amides is 2. The number of nitrogens with zero attached hydrogens (tertiary/aromatic N) is 1. The van der Waals surface area contributed by atoms with E-state index < -0.39 is 23.3 Å². The van der Waals surface area contributed by atoms with Crippen LogP contribution in [0.1, 0.15) is 10.4 Å². The van der Waals surface area contributed by atoms with E-state index in [4.69, 9.17) is 26.8 Å². The highest BCUT2D eigenvalue weighted by atomic mass is 35.5. The number of carbonyl (C=O) groups excluding carboxylic acids is 2. The number of carbonyl (C=O) groups is 2. The molecule has 0 atom stereocenters. The first kappa shape index (κ1) is 19.0. The summed E-state index contributed by atoms with van der Waals surface area (Å²) in [5.74, 6) is -0.976. The van der Waals surface area contributed by atoms with E-state index in [9.17, 15) is 19.7 Å². The van der Waals surface area contributed by atoms with Crippen LogP contribution < -0.4 is 20.5 Å². The summed E-state index contributed by atoms with van der Waals surface area (Å²) in [7, 11) is 1.35. The van der Waals surface area contributed by atoms with Crippen molar-refractivity contribution < 1.29 is 24.0 Å². The lowest BCUT2D eigenvalue weighted by Gasteiger charge is -2.13. The molecule has 2 aromatic carbocycles. The molecule has 0 aliphatic heterocycles. The SMILES string of the molecule is COc1cc(C(=O)Nc2ccc([N+](=O)[O-])cc2)cc(Cl)c1OCC(N)=O. The lowest BCUT2D eigenvalue weighted by Crippen LogP contribution is -2.20. The van der Waals surface area contributed by atoms with Crippen molar-refractivity contribution in [3.63, 3.8) is 0 Å². The number of methoxy groups -OCH3 is 1. The van der Waals surface area contributed by atoms with Crippen molar-refractivity contribution in [3.8, 4) is 11.5 Å². The average molecular weight is 380 g/mol. The van der Waals surface area contributed by atoms with Gasteiger partial charge in [0.1, 0.15) is 0 Å². The number of non-ortho nitro benzene ring substituents is 1. The number of anilines is 1. The minimum atomic E-state index is -0.692. The zero-order valence-corrected chi connectivity index (χ0v) is 14.3. The Balaban J connectivity index is 2.21. The van der Waals surface area contributed by atoms with Crippen molar-refractivity contribution in [3.05, 3.63) is 57.1 Å². The second-order valence-electron chi connectivity index (χ2n) is 5.00. The monoisotopic (exact) mass is 379 g/mol. The molecule has 0 radical (unpaired) electrons.